The average Bonchev–Trinajstić information content (AvgIpc) is 3.49. The van der Waals surface area contributed by atoms with Gasteiger partial charge in [-0.05, 0) is 37.8 Å². The number of nitrogens with one attached hydrogen (secondary N) is 2. The Morgan fingerprint density at radius 3 is 2.52 bits per heavy atom. The molecule has 0 unspecified atom stereocenters. The number of aromatic nitrogens is 2. The van der Waals surface area contributed by atoms with E-state index < -0.39 is 0 Å². The van der Waals surface area contributed by atoms with E-state index in [0.717, 1.165) is 30.9 Å². The van der Waals surface area contributed by atoms with Crippen molar-refractivity contribution in [3.05, 3.63) is 48.5 Å². The van der Waals surface area contributed by atoms with Gasteiger partial charge in [0.05, 0.1) is 18.1 Å². The molecule has 0 bridgehead atoms. The Bertz CT molecular complexity index is 714. The molecule has 2 aromatic rings. The molecule has 1 saturated carbocycles. The molecular formula is C19H23N5O. The smallest absolute Gasteiger partial charge is 0.322 e. The third kappa shape index (κ3) is 4.07. The van der Waals surface area contributed by atoms with Gasteiger partial charge in [0, 0.05) is 30.7 Å². The van der Waals surface area contributed by atoms with Crippen LogP contribution in [0.5, 0.6) is 0 Å². The van der Waals surface area contributed by atoms with Crippen LogP contribution in [0.2, 0.25) is 0 Å². The van der Waals surface area contributed by atoms with E-state index in [1.165, 1.54) is 12.8 Å². The molecule has 1 atom stereocenters. The summed E-state index contributed by atoms with van der Waals surface area (Å²) in [5.41, 5.74) is 1.76. The number of anilines is 2. The standard InChI is InChI=1S/C19H23N5O/c25-19(23-17-11-20-18(21-12-17)14-8-9-14)24-10-4-7-16(13-24)22-15-5-2-1-3-6-15/h1-3,5-6,11-12,14,16,22H,4,7-10,13H2,(H,23,25)/t16-/m1/s1. The summed E-state index contributed by atoms with van der Waals surface area (Å²) in [6.07, 6.45) is 7.84. The Morgan fingerprint density at radius 2 is 1.80 bits per heavy atom. The zero-order valence-electron chi connectivity index (χ0n) is 14.2. The number of nitrogens with zero attached hydrogens (tertiary/aromatic N) is 3. The lowest BCUT2D eigenvalue weighted by Gasteiger charge is -2.33. The minimum Gasteiger partial charge on any atom is -0.381 e. The quantitative estimate of drug-likeness (QED) is 0.896. The fraction of sp³-hybridized carbons (Fsp3) is 0.421. The highest BCUT2D eigenvalue weighted by Crippen LogP contribution is 2.37. The summed E-state index contributed by atoms with van der Waals surface area (Å²) in [6.45, 7) is 1.47. The van der Waals surface area contributed by atoms with Gasteiger partial charge in [0.25, 0.3) is 0 Å². The van der Waals surface area contributed by atoms with Crippen LogP contribution in [0.4, 0.5) is 16.2 Å². The van der Waals surface area contributed by atoms with Crippen LogP contribution >= 0.6 is 0 Å². The van der Waals surface area contributed by atoms with Crippen molar-refractivity contribution >= 4 is 17.4 Å². The van der Waals surface area contributed by atoms with E-state index in [1.54, 1.807) is 12.4 Å². The summed E-state index contributed by atoms with van der Waals surface area (Å²) in [4.78, 5) is 23.1. The third-order valence-electron chi connectivity index (χ3n) is 4.72. The van der Waals surface area contributed by atoms with Crippen LogP contribution in [0.1, 0.15) is 37.4 Å². The highest BCUT2D eigenvalue weighted by Gasteiger charge is 2.27. The predicted molar refractivity (Wildman–Crippen MR) is 97.7 cm³/mol. The van der Waals surface area contributed by atoms with E-state index >= 15 is 0 Å². The molecule has 6 heteroatoms. The van der Waals surface area contributed by atoms with E-state index in [1.807, 2.05) is 23.1 Å². The van der Waals surface area contributed by atoms with Gasteiger partial charge >= 0.3 is 6.03 Å². The van der Waals surface area contributed by atoms with Crippen LogP contribution in [-0.4, -0.2) is 40.0 Å². The molecule has 2 fully saturated rings. The minimum absolute atomic E-state index is 0.0812. The number of likely N-dealkylation sites (tertiary alicyclic amines) is 1. The lowest BCUT2D eigenvalue weighted by atomic mass is 10.1. The molecule has 1 aliphatic carbocycles. The van der Waals surface area contributed by atoms with Gasteiger partial charge in [-0.1, -0.05) is 18.2 Å². The maximum absolute atomic E-state index is 12.5. The van der Waals surface area contributed by atoms with Crippen molar-refractivity contribution in [3.63, 3.8) is 0 Å². The zero-order valence-corrected chi connectivity index (χ0v) is 14.2. The van der Waals surface area contributed by atoms with Crippen molar-refractivity contribution in [2.24, 2.45) is 0 Å². The first-order chi connectivity index (χ1) is 12.3. The number of carbonyl (C=O) groups excluding carboxylic acids is 1. The number of para-hydroxylation sites is 1. The minimum atomic E-state index is -0.0812. The summed E-state index contributed by atoms with van der Waals surface area (Å²) in [6, 6.07) is 10.3. The first-order valence-corrected chi connectivity index (χ1v) is 8.97. The monoisotopic (exact) mass is 337 g/mol. The summed E-state index contributed by atoms with van der Waals surface area (Å²) >= 11 is 0. The van der Waals surface area contributed by atoms with Gasteiger partial charge in [-0.15, -0.1) is 0 Å². The third-order valence-corrected chi connectivity index (χ3v) is 4.72. The van der Waals surface area contributed by atoms with Crippen LogP contribution in [-0.2, 0) is 0 Å². The lowest BCUT2D eigenvalue weighted by Crippen LogP contribution is -2.46. The molecule has 1 aliphatic heterocycles. The van der Waals surface area contributed by atoms with E-state index in [0.29, 0.717) is 18.2 Å². The van der Waals surface area contributed by atoms with Crippen LogP contribution in [0.15, 0.2) is 42.7 Å². The Kier molecular flexibility index (Phi) is 4.50. The molecule has 1 aromatic carbocycles. The Labute approximate surface area is 147 Å². The molecular weight excluding hydrogens is 314 g/mol. The number of piperidine rings is 1. The van der Waals surface area contributed by atoms with E-state index in [9.17, 15) is 4.79 Å². The molecule has 4 rings (SSSR count). The fourth-order valence-electron chi connectivity index (χ4n) is 3.21. The normalized spacial score (nSPS) is 20.2. The fourth-order valence-corrected chi connectivity index (χ4v) is 3.21. The van der Waals surface area contributed by atoms with Crippen molar-refractivity contribution in [1.82, 2.24) is 14.9 Å². The highest BCUT2D eigenvalue weighted by atomic mass is 16.2. The summed E-state index contributed by atoms with van der Waals surface area (Å²) < 4.78 is 0. The zero-order chi connectivity index (χ0) is 17.1. The van der Waals surface area contributed by atoms with Crippen molar-refractivity contribution in [3.8, 4) is 0 Å². The van der Waals surface area contributed by atoms with E-state index in [2.05, 4.69) is 32.7 Å². The molecule has 2 heterocycles. The summed E-state index contributed by atoms with van der Waals surface area (Å²) in [5, 5.41) is 6.43. The maximum atomic E-state index is 12.5. The first kappa shape index (κ1) is 15.9. The van der Waals surface area contributed by atoms with Crippen LogP contribution in [0.25, 0.3) is 0 Å². The molecule has 2 amide bonds. The Hall–Kier alpha value is -2.63. The topological polar surface area (TPSA) is 70.2 Å². The van der Waals surface area contributed by atoms with Gasteiger partial charge in [0.2, 0.25) is 0 Å². The van der Waals surface area contributed by atoms with Gasteiger partial charge in [-0.3, -0.25) is 0 Å². The molecule has 25 heavy (non-hydrogen) atoms. The molecule has 0 spiro atoms. The molecule has 1 aromatic heterocycles. The second-order valence-corrected chi connectivity index (χ2v) is 6.83. The number of amides is 2. The van der Waals surface area contributed by atoms with Gasteiger partial charge in [-0.2, -0.15) is 0 Å². The van der Waals surface area contributed by atoms with Crippen molar-refractivity contribution in [1.29, 1.82) is 0 Å². The second kappa shape index (κ2) is 7.09. The van der Waals surface area contributed by atoms with Gasteiger partial charge < -0.3 is 15.5 Å². The Balaban J connectivity index is 1.33. The van der Waals surface area contributed by atoms with Crippen LogP contribution in [0, 0.1) is 0 Å². The number of benzene rings is 1. The van der Waals surface area contributed by atoms with Crippen LogP contribution in [0.3, 0.4) is 0 Å². The molecule has 130 valence electrons. The van der Waals surface area contributed by atoms with Gasteiger partial charge in [0.1, 0.15) is 5.82 Å². The number of hydrogen-bond donors (Lipinski definition) is 2. The maximum Gasteiger partial charge on any atom is 0.322 e. The first-order valence-electron chi connectivity index (χ1n) is 8.97. The molecule has 1 saturated heterocycles. The number of carbonyl (C=O) groups is 1. The van der Waals surface area contributed by atoms with Crippen molar-refractivity contribution in [2.75, 3.05) is 23.7 Å². The van der Waals surface area contributed by atoms with E-state index in [-0.39, 0.29) is 12.1 Å². The Morgan fingerprint density at radius 1 is 1.04 bits per heavy atom. The number of hydrogen-bond acceptors (Lipinski definition) is 4. The number of rotatable bonds is 4. The molecule has 2 N–H and O–H groups in total. The second-order valence-electron chi connectivity index (χ2n) is 6.83. The molecule has 6 nitrogen and oxygen atoms in total. The summed E-state index contributed by atoms with van der Waals surface area (Å²) in [7, 11) is 0. The predicted octanol–water partition coefficient (Wildman–Crippen LogP) is 3.46. The van der Waals surface area contributed by atoms with Gasteiger partial charge in [-0.25, -0.2) is 14.8 Å². The SMILES string of the molecule is O=C(Nc1cnc(C2CC2)nc1)N1CCC[C@@H](Nc2ccccc2)C1. The average molecular weight is 337 g/mol. The number of urea groups is 1. The molecule has 2 aliphatic rings. The van der Waals surface area contributed by atoms with E-state index in [4.69, 9.17) is 0 Å². The van der Waals surface area contributed by atoms with Crippen molar-refractivity contribution in [2.45, 2.75) is 37.6 Å². The summed E-state index contributed by atoms with van der Waals surface area (Å²) in [5.74, 6) is 1.42. The highest BCUT2D eigenvalue weighted by molar-refractivity contribution is 5.89. The lowest BCUT2D eigenvalue weighted by molar-refractivity contribution is 0.196. The van der Waals surface area contributed by atoms with Gasteiger partial charge in [0.15, 0.2) is 0 Å². The van der Waals surface area contributed by atoms with Crippen molar-refractivity contribution < 1.29 is 4.79 Å². The molecule has 0 radical (unpaired) electrons. The largest absolute Gasteiger partial charge is 0.381 e. The van der Waals surface area contributed by atoms with Crippen LogP contribution < -0.4 is 10.6 Å².